The van der Waals surface area contributed by atoms with E-state index in [4.69, 9.17) is 4.52 Å². The maximum absolute atomic E-state index is 10.9. The summed E-state index contributed by atoms with van der Waals surface area (Å²) in [7, 11) is 1.62. The van der Waals surface area contributed by atoms with E-state index in [-0.39, 0.29) is 24.0 Å². The fourth-order valence-corrected chi connectivity index (χ4v) is 1.33. The van der Waals surface area contributed by atoms with Gasteiger partial charge >= 0.3 is 5.69 Å². The molecule has 19 heavy (non-hydrogen) atoms. The van der Waals surface area contributed by atoms with Crippen molar-refractivity contribution in [2.24, 2.45) is 0 Å². The van der Waals surface area contributed by atoms with Crippen LogP contribution in [0.1, 0.15) is 11.7 Å². The van der Waals surface area contributed by atoms with Crippen LogP contribution in [0.3, 0.4) is 0 Å². The van der Waals surface area contributed by atoms with Gasteiger partial charge in [-0.05, 0) is 6.92 Å². The van der Waals surface area contributed by atoms with Crippen molar-refractivity contribution in [3.63, 3.8) is 0 Å². The Bertz CT molecular complexity index is 597. The maximum Gasteiger partial charge on any atom is 0.329 e. The molecule has 0 aromatic carbocycles. The lowest BCUT2D eigenvalue weighted by Gasteiger charge is -2.05. The fourth-order valence-electron chi connectivity index (χ4n) is 1.33. The Morgan fingerprint density at radius 1 is 1.47 bits per heavy atom. The molecule has 0 aliphatic carbocycles. The number of aromatic nitrogens is 4. The predicted octanol–water partition coefficient (Wildman–Crippen LogP) is 0.730. The smallest absolute Gasteiger partial charge is 0.329 e. The molecule has 2 heterocycles. The Morgan fingerprint density at radius 3 is 2.84 bits per heavy atom. The molecule has 2 aromatic rings. The van der Waals surface area contributed by atoms with Crippen LogP contribution in [-0.4, -0.2) is 32.1 Å². The summed E-state index contributed by atoms with van der Waals surface area (Å²) in [5.74, 6) is 1.16. The molecular weight excluding hydrogens is 254 g/mol. The van der Waals surface area contributed by atoms with Crippen molar-refractivity contribution in [2.75, 3.05) is 17.7 Å². The summed E-state index contributed by atoms with van der Waals surface area (Å²) in [6.07, 6.45) is 1.13. The summed E-state index contributed by atoms with van der Waals surface area (Å²) in [5, 5.41) is 19.9. The van der Waals surface area contributed by atoms with Gasteiger partial charge in [0.25, 0.3) is 0 Å². The van der Waals surface area contributed by atoms with Gasteiger partial charge in [-0.25, -0.2) is 4.98 Å². The molecular formula is C9H11N7O3. The number of nitro groups is 1. The lowest BCUT2D eigenvalue weighted by molar-refractivity contribution is -0.384. The van der Waals surface area contributed by atoms with E-state index in [9.17, 15) is 10.1 Å². The molecule has 0 amide bonds. The van der Waals surface area contributed by atoms with Crippen molar-refractivity contribution >= 4 is 17.5 Å². The van der Waals surface area contributed by atoms with Crippen LogP contribution in [0, 0.1) is 17.0 Å². The van der Waals surface area contributed by atoms with Crippen molar-refractivity contribution in [3.05, 3.63) is 28.0 Å². The van der Waals surface area contributed by atoms with Crippen LogP contribution in [0.25, 0.3) is 0 Å². The zero-order valence-corrected chi connectivity index (χ0v) is 10.2. The van der Waals surface area contributed by atoms with E-state index < -0.39 is 4.92 Å². The SMILES string of the molecule is CNc1ncc([N+](=O)[O-])c(NCc2nc(C)no2)n1. The zero-order chi connectivity index (χ0) is 13.8. The molecule has 0 aliphatic heterocycles. The summed E-state index contributed by atoms with van der Waals surface area (Å²) < 4.78 is 4.89. The van der Waals surface area contributed by atoms with E-state index in [0.717, 1.165) is 6.20 Å². The highest BCUT2D eigenvalue weighted by Crippen LogP contribution is 2.22. The van der Waals surface area contributed by atoms with E-state index in [1.54, 1.807) is 14.0 Å². The van der Waals surface area contributed by atoms with Crippen LogP contribution in [0.4, 0.5) is 17.5 Å². The Morgan fingerprint density at radius 2 is 2.26 bits per heavy atom. The third kappa shape index (κ3) is 2.91. The third-order valence-corrected chi connectivity index (χ3v) is 2.17. The van der Waals surface area contributed by atoms with Crippen LogP contribution in [0.15, 0.2) is 10.7 Å². The molecule has 0 bridgehead atoms. The van der Waals surface area contributed by atoms with Gasteiger partial charge in [0.05, 0.1) is 11.5 Å². The van der Waals surface area contributed by atoms with Gasteiger partial charge in [0.15, 0.2) is 5.82 Å². The minimum Gasteiger partial charge on any atom is -0.357 e. The van der Waals surface area contributed by atoms with E-state index in [1.165, 1.54) is 0 Å². The topological polar surface area (TPSA) is 132 Å². The van der Waals surface area contributed by atoms with Crippen molar-refractivity contribution in [1.29, 1.82) is 0 Å². The normalized spacial score (nSPS) is 10.2. The van der Waals surface area contributed by atoms with E-state index in [2.05, 4.69) is 30.7 Å². The number of rotatable bonds is 5. The second-order valence-corrected chi connectivity index (χ2v) is 3.52. The molecule has 2 N–H and O–H groups in total. The fraction of sp³-hybridized carbons (Fsp3) is 0.333. The molecule has 0 aliphatic rings. The molecule has 0 saturated carbocycles. The van der Waals surface area contributed by atoms with Crippen molar-refractivity contribution in [3.8, 4) is 0 Å². The molecule has 0 fully saturated rings. The van der Waals surface area contributed by atoms with Gasteiger partial charge in [-0.1, -0.05) is 5.16 Å². The van der Waals surface area contributed by atoms with Crippen LogP contribution in [-0.2, 0) is 6.54 Å². The quantitative estimate of drug-likeness (QED) is 0.592. The summed E-state index contributed by atoms with van der Waals surface area (Å²) in [5.41, 5.74) is -0.227. The van der Waals surface area contributed by atoms with E-state index in [1.807, 2.05) is 0 Å². The molecule has 0 spiro atoms. The summed E-state index contributed by atoms with van der Waals surface area (Å²) in [6.45, 7) is 1.82. The Kier molecular flexibility index (Phi) is 3.50. The predicted molar refractivity (Wildman–Crippen MR) is 64.6 cm³/mol. The van der Waals surface area contributed by atoms with Gasteiger partial charge in [0.2, 0.25) is 17.7 Å². The van der Waals surface area contributed by atoms with Crippen LogP contribution in [0.5, 0.6) is 0 Å². The molecule has 100 valence electrons. The summed E-state index contributed by atoms with van der Waals surface area (Å²) in [4.78, 5) is 22.0. The monoisotopic (exact) mass is 265 g/mol. The number of anilines is 2. The average molecular weight is 265 g/mol. The van der Waals surface area contributed by atoms with Gasteiger partial charge < -0.3 is 15.2 Å². The van der Waals surface area contributed by atoms with E-state index in [0.29, 0.717) is 11.7 Å². The molecule has 0 unspecified atom stereocenters. The molecule has 0 atom stereocenters. The van der Waals surface area contributed by atoms with Gasteiger partial charge in [-0.2, -0.15) is 9.97 Å². The highest BCUT2D eigenvalue weighted by Gasteiger charge is 2.17. The minimum absolute atomic E-state index is 0.0835. The average Bonchev–Trinajstić information content (AvgIpc) is 2.81. The van der Waals surface area contributed by atoms with Gasteiger partial charge in [0, 0.05) is 7.05 Å². The summed E-state index contributed by atoms with van der Waals surface area (Å²) in [6, 6.07) is 0. The molecule has 2 aromatic heterocycles. The number of nitrogens with one attached hydrogen (secondary N) is 2. The molecule has 10 heteroatoms. The molecule has 10 nitrogen and oxygen atoms in total. The van der Waals surface area contributed by atoms with Crippen molar-refractivity contribution < 1.29 is 9.45 Å². The summed E-state index contributed by atoms with van der Waals surface area (Å²) >= 11 is 0. The standard InChI is InChI=1S/C9H11N7O3/c1-5-13-7(19-15-5)4-11-8-6(16(17)18)3-12-9(10-2)14-8/h3H,4H2,1-2H3,(H2,10,11,12,14). The lowest BCUT2D eigenvalue weighted by atomic mass is 10.4. The van der Waals surface area contributed by atoms with Crippen molar-refractivity contribution in [1.82, 2.24) is 20.1 Å². The van der Waals surface area contributed by atoms with Gasteiger partial charge in [0.1, 0.15) is 6.20 Å². The van der Waals surface area contributed by atoms with E-state index >= 15 is 0 Å². The number of hydrogen-bond donors (Lipinski definition) is 2. The second kappa shape index (κ2) is 5.25. The Hall–Kier alpha value is -2.78. The highest BCUT2D eigenvalue weighted by molar-refractivity contribution is 5.56. The maximum atomic E-state index is 10.9. The molecule has 0 radical (unpaired) electrons. The minimum atomic E-state index is -0.569. The zero-order valence-electron chi connectivity index (χ0n) is 10.2. The first-order valence-corrected chi connectivity index (χ1v) is 5.32. The molecule has 0 saturated heterocycles. The van der Waals surface area contributed by atoms with Crippen LogP contribution < -0.4 is 10.6 Å². The highest BCUT2D eigenvalue weighted by atomic mass is 16.6. The second-order valence-electron chi connectivity index (χ2n) is 3.52. The number of hydrogen-bond acceptors (Lipinski definition) is 9. The lowest BCUT2D eigenvalue weighted by Crippen LogP contribution is -2.07. The van der Waals surface area contributed by atoms with Crippen LogP contribution in [0.2, 0.25) is 0 Å². The first-order chi connectivity index (χ1) is 9.10. The Labute approximate surface area is 107 Å². The number of aryl methyl sites for hydroxylation is 1. The first-order valence-electron chi connectivity index (χ1n) is 5.32. The van der Waals surface area contributed by atoms with Crippen LogP contribution >= 0.6 is 0 Å². The van der Waals surface area contributed by atoms with Gasteiger partial charge in [-0.3, -0.25) is 10.1 Å². The number of nitrogens with zero attached hydrogens (tertiary/aromatic N) is 5. The third-order valence-electron chi connectivity index (χ3n) is 2.17. The first kappa shape index (κ1) is 12.7. The van der Waals surface area contributed by atoms with Gasteiger partial charge in [-0.15, -0.1) is 0 Å². The van der Waals surface area contributed by atoms with Crippen molar-refractivity contribution in [2.45, 2.75) is 13.5 Å². The Balaban J connectivity index is 2.19. The molecule has 2 rings (SSSR count). The largest absolute Gasteiger partial charge is 0.357 e.